The van der Waals surface area contributed by atoms with E-state index in [2.05, 4.69) is 27.3 Å². The van der Waals surface area contributed by atoms with Crippen molar-refractivity contribution in [3.8, 4) is 0 Å². The van der Waals surface area contributed by atoms with Gasteiger partial charge in [-0.2, -0.15) is 0 Å². The summed E-state index contributed by atoms with van der Waals surface area (Å²) in [7, 11) is 2.01. The molecule has 0 radical (unpaired) electrons. The molecular weight excluding hydrogens is 326 g/mol. The largest absolute Gasteiger partial charge is 0.378 e. The molecule has 1 fully saturated rings. The molecule has 0 saturated carbocycles. The highest BCUT2D eigenvalue weighted by Crippen LogP contribution is 2.24. The third-order valence-corrected chi connectivity index (χ3v) is 4.56. The molecule has 1 aromatic carbocycles. The van der Waals surface area contributed by atoms with Gasteiger partial charge in [-0.3, -0.25) is 0 Å². The average molecular weight is 347 g/mol. The minimum atomic E-state index is 0.403. The first-order valence-electron chi connectivity index (χ1n) is 6.92. The van der Waals surface area contributed by atoms with Gasteiger partial charge in [-0.25, -0.2) is 0 Å². The molecule has 2 nitrogen and oxygen atoms in total. The minimum Gasteiger partial charge on any atom is -0.378 e. The Bertz CT molecular complexity index is 407. The highest BCUT2D eigenvalue weighted by molar-refractivity contribution is 9.10. The van der Waals surface area contributed by atoms with Crippen molar-refractivity contribution in [2.45, 2.75) is 44.2 Å². The summed E-state index contributed by atoms with van der Waals surface area (Å²) in [6.07, 6.45) is 6.09. The van der Waals surface area contributed by atoms with Gasteiger partial charge in [-0.1, -0.05) is 33.6 Å². The number of ether oxygens (including phenoxy) is 1. The standard InChI is InChI=1S/C15H21BrClNO/c1-18-13(10-14-4-2-3-7-19-14)8-11-5-6-12(16)9-15(11)17/h5-6,9,13-14,18H,2-4,7-8,10H2,1H3. The van der Waals surface area contributed by atoms with Gasteiger partial charge in [-0.15, -0.1) is 0 Å². The average Bonchev–Trinajstić information content (AvgIpc) is 2.42. The van der Waals surface area contributed by atoms with Crippen molar-refractivity contribution in [3.63, 3.8) is 0 Å². The minimum absolute atomic E-state index is 0.403. The van der Waals surface area contributed by atoms with Crippen molar-refractivity contribution < 1.29 is 4.74 Å². The SMILES string of the molecule is CNC(Cc1ccc(Br)cc1Cl)CC1CCCCO1. The van der Waals surface area contributed by atoms with Gasteiger partial charge in [0.25, 0.3) is 0 Å². The van der Waals surface area contributed by atoms with Crippen LogP contribution in [0, 0.1) is 0 Å². The molecule has 2 unspecified atom stereocenters. The van der Waals surface area contributed by atoms with E-state index >= 15 is 0 Å². The molecule has 0 aromatic heterocycles. The zero-order valence-electron chi connectivity index (χ0n) is 11.3. The molecule has 4 heteroatoms. The number of hydrogen-bond acceptors (Lipinski definition) is 2. The van der Waals surface area contributed by atoms with E-state index in [1.54, 1.807) is 0 Å². The topological polar surface area (TPSA) is 21.3 Å². The van der Waals surface area contributed by atoms with Gasteiger partial charge >= 0.3 is 0 Å². The van der Waals surface area contributed by atoms with E-state index in [1.807, 2.05) is 19.2 Å². The van der Waals surface area contributed by atoms with Crippen molar-refractivity contribution in [2.75, 3.05) is 13.7 Å². The molecule has 1 N–H and O–H groups in total. The maximum atomic E-state index is 6.28. The van der Waals surface area contributed by atoms with Crippen LogP contribution in [0.1, 0.15) is 31.2 Å². The van der Waals surface area contributed by atoms with E-state index in [9.17, 15) is 0 Å². The van der Waals surface area contributed by atoms with E-state index in [4.69, 9.17) is 16.3 Å². The lowest BCUT2D eigenvalue weighted by Crippen LogP contribution is -2.34. The molecule has 1 aliphatic heterocycles. The molecule has 0 bridgehead atoms. The predicted octanol–water partition coefficient (Wildman–Crippen LogP) is 4.19. The number of halogens is 2. The van der Waals surface area contributed by atoms with Crippen LogP contribution >= 0.6 is 27.5 Å². The highest BCUT2D eigenvalue weighted by atomic mass is 79.9. The van der Waals surface area contributed by atoms with Gasteiger partial charge in [0.1, 0.15) is 0 Å². The van der Waals surface area contributed by atoms with Gasteiger partial charge < -0.3 is 10.1 Å². The maximum absolute atomic E-state index is 6.28. The van der Waals surface area contributed by atoms with Crippen LogP contribution in [0.4, 0.5) is 0 Å². The van der Waals surface area contributed by atoms with E-state index in [0.29, 0.717) is 12.1 Å². The second kappa shape index (κ2) is 7.63. The number of benzene rings is 1. The van der Waals surface area contributed by atoms with Crippen molar-refractivity contribution >= 4 is 27.5 Å². The number of hydrogen-bond donors (Lipinski definition) is 1. The van der Waals surface area contributed by atoms with Crippen LogP contribution in [-0.4, -0.2) is 25.8 Å². The molecule has 1 aromatic rings. The van der Waals surface area contributed by atoms with Crippen LogP contribution in [0.25, 0.3) is 0 Å². The summed E-state index contributed by atoms with van der Waals surface area (Å²) in [5.41, 5.74) is 1.19. The molecule has 1 heterocycles. The molecule has 0 spiro atoms. The van der Waals surface area contributed by atoms with Crippen LogP contribution in [0.2, 0.25) is 5.02 Å². The maximum Gasteiger partial charge on any atom is 0.0590 e. The van der Waals surface area contributed by atoms with Crippen LogP contribution in [0.5, 0.6) is 0 Å². The molecule has 2 rings (SSSR count). The lowest BCUT2D eigenvalue weighted by molar-refractivity contribution is 0.00569. The third-order valence-electron chi connectivity index (χ3n) is 3.71. The Morgan fingerprint density at radius 3 is 2.95 bits per heavy atom. The van der Waals surface area contributed by atoms with Crippen LogP contribution < -0.4 is 5.32 Å². The third kappa shape index (κ3) is 4.75. The summed E-state index contributed by atoms with van der Waals surface area (Å²) in [4.78, 5) is 0. The molecule has 2 atom stereocenters. The lowest BCUT2D eigenvalue weighted by atomic mass is 9.97. The zero-order chi connectivity index (χ0) is 13.7. The van der Waals surface area contributed by atoms with E-state index < -0.39 is 0 Å². The fourth-order valence-electron chi connectivity index (χ4n) is 2.57. The predicted molar refractivity (Wildman–Crippen MR) is 83.9 cm³/mol. The van der Waals surface area contributed by atoms with Gasteiger partial charge in [0.2, 0.25) is 0 Å². The molecule has 106 valence electrons. The monoisotopic (exact) mass is 345 g/mol. The van der Waals surface area contributed by atoms with E-state index in [-0.39, 0.29) is 0 Å². The van der Waals surface area contributed by atoms with Gasteiger partial charge in [-0.05, 0) is 56.8 Å². The Balaban J connectivity index is 1.94. The Kier molecular flexibility index (Phi) is 6.14. The lowest BCUT2D eigenvalue weighted by Gasteiger charge is -2.27. The van der Waals surface area contributed by atoms with Gasteiger partial charge in [0, 0.05) is 22.1 Å². The fraction of sp³-hybridized carbons (Fsp3) is 0.600. The molecule has 19 heavy (non-hydrogen) atoms. The molecule has 0 aliphatic carbocycles. The first-order chi connectivity index (χ1) is 9.19. The van der Waals surface area contributed by atoms with Crippen molar-refractivity contribution in [1.29, 1.82) is 0 Å². The first kappa shape index (κ1) is 15.3. The molecular formula is C15H21BrClNO. The Morgan fingerprint density at radius 2 is 2.32 bits per heavy atom. The second-order valence-corrected chi connectivity index (χ2v) is 6.47. The quantitative estimate of drug-likeness (QED) is 0.863. The highest BCUT2D eigenvalue weighted by Gasteiger charge is 2.19. The number of nitrogens with one attached hydrogen (secondary N) is 1. The Labute approximate surface area is 129 Å². The number of rotatable bonds is 5. The fourth-order valence-corrected chi connectivity index (χ4v) is 3.32. The zero-order valence-corrected chi connectivity index (χ0v) is 13.6. The normalized spacial score (nSPS) is 21.3. The summed E-state index contributed by atoms with van der Waals surface area (Å²) in [6, 6.07) is 6.52. The second-order valence-electron chi connectivity index (χ2n) is 5.15. The van der Waals surface area contributed by atoms with E-state index in [1.165, 1.54) is 24.8 Å². The van der Waals surface area contributed by atoms with E-state index in [0.717, 1.165) is 28.9 Å². The molecule has 1 saturated heterocycles. The van der Waals surface area contributed by atoms with Crippen LogP contribution in [-0.2, 0) is 11.2 Å². The summed E-state index contributed by atoms with van der Waals surface area (Å²) < 4.78 is 6.84. The number of likely N-dealkylation sites (N-methyl/N-ethyl adjacent to an activating group) is 1. The summed E-state index contributed by atoms with van der Waals surface area (Å²) in [6.45, 7) is 0.917. The molecule has 1 aliphatic rings. The summed E-state index contributed by atoms with van der Waals surface area (Å²) in [5, 5.41) is 4.22. The van der Waals surface area contributed by atoms with Crippen molar-refractivity contribution in [2.24, 2.45) is 0 Å². The summed E-state index contributed by atoms with van der Waals surface area (Å²) >= 11 is 9.72. The van der Waals surface area contributed by atoms with Crippen molar-refractivity contribution in [1.82, 2.24) is 5.32 Å². The summed E-state index contributed by atoms with van der Waals surface area (Å²) in [5.74, 6) is 0. The van der Waals surface area contributed by atoms with Crippen LogP contribution in [0.15, 0.2) is 22.7 Å². The van der Waals surface area contributed by atoms with Gasteiger partial charge in [0.05, 0.1) is 6.10 Å². The van der Waals surface area contributed by atoms with Crippen molar-refractivity contribution in [3.05, 3.63) is 33.3 Å². The first-order valence-corrected chi connectivity index (χ1v) is 8.09. The van der Waals surface area contributed by atoms with Crippen LogP contribution in [0.3, 0.4) is 0 Å². The molecule has 0 amide bonds. The smallest absolute Gasteiger partial charge is 0.0590 e. The Hall–Kier alpha value is -0.0900. The van der Waals surface area contributed by atoms with Gasteiger partial charge in [0.15, 0.2) is 0 Å². The Morgan fingerprint density at radius 1 is 1.47 bits per heavy atom.